The zero-order valence-corrected chi connectivity index (χ0v) is 18.3. The molecule has 0 aliphatic heterocycles. The van der Waals surface area contributed by atoms with Gasteiger partial charge in [0.25, 0.3) is 0 Å². The second-order valence-corrected chi connectivity index (χ2v) is 10.8. The third-order valence-electron chi connectivity index (χ3n) is 9.25. The molecule has 4 saturated carbocycles. The highest BCUT2D eigenvalue weighted by atomic mass is 19.2. The molecule has 0 aromatic heterocycles. The van der Waals surface area contributed by atoms with E-state index >= 15 is 4.39 Å². The minimum absolute atomic E-state index is 0. The van der Waals surface area contributed by atoms with Crippen molar-refractivity contribution < 1.29 is 27.0 Å². The van der Waals surface area contributed by atoms with Gasteiger partial charge in [-0.15, -0.1) is 0 Å². The van der Waals surface area contributed by atoms with Crippen molar-refractivity contribution in [3.8, 4) is 0 Å². The summed E-state index contributed by atoms with van der Waals surface area (Å²) in [5.74, 6) is 2.03. The van der Waals surface area contributed by atoms with Crippen LogP contribution in [0.15, 0.2) is 0 Å². The summed E-state index contributed by atoms with van der Waals surface area (Å²) in [5, 5.41) is 0. The highest BCUT2D eigenvalue weighted by Crippen LogP contribution is 2.52. The van der Waals surface area contributed by atoms with Gasteiger partial charge in [-0.2, -0.15) is 0 Å². The quantitative estimate of drug-likeness (QED) is 0.510. The maximum atomic E-state index is 15.1. The van der Waals surface area contributed by atoms with Gasteiger partial charge in [0.05, 0.1) is 0 Å². The summed E-state index contributed by atoms with van der Waals surface area (Å²) in [4.78, 5) is 0. The monoisotopic (exact) mass is 424 g/mol. The topological polar surface area (TPSA) is 63.0 Å². The molecule has 4 aliphatic carbocycles. The first-order valence-corrected chi connectivity index (χ1v) is 11.9. The molecule has 4 fully saturated rings. The van der Waals surface area contributed by atoms with E-state index in [1.807, 2.05) is 6.92 Å². The number of rotatable bonds is 2. The molecule has 0 saturated heterocycles. The fourth-order valence-electron chi connectivity index (χ4n) is 7.36. The maximum absolute atomic E-state index is 15.1. The van der Waals surface area contributed by atoms with Gasteiger partial charge in [0.1, 0.15) is 18.5 Å². The summed E-state index contributed by atoms with van der Waals surface area (Å²) < 4.78 is 44.6. The Morgan fingerprint density at radius 3 is 1.62 bits per heavy atom. The Labute approximate surface area is 178 Å². The van der Waals surface area contributed by atoms with E-state index in [4.69, 9.17) is 0 Å². The Kier molecular flexibility index (Phi) is 8.91. The molecule has 0 spiro atoms. The van der Waals surface area contributed by atoms with Crippen LogP contribution in [0.3, 0.4) is 0 Å². The summed E-state index contributed by atoms with van der Waals surface area (Å²) >= 11 is 0. The van der Waals surface area contributed by atoms with E-state index in [0.29, 0.717) is 5.92 Å². The zero-order valence-electron chi connectivity index (χ0n) is 18.3. The van der Waals surface area contributed by atoms with Crippen molar-refractivity contribution in [2.24, 2.45) is 47.3 Å². The summed E-state index contributed by atoms with van der Waals surface area (Å²) in [5.41, 5.74) is 0. The van der Waals surface area contributed by atoms with Crippen molar-refractivity contribution in [1.29, 1.82) is 0 Å². The minimum Gasteiger partial charge on any atom is -0.412 e. The second kappa shape index (κ2) is 10.3. The van der Waals surface area contributed by atoms with Gasteiger partial charge in [-0.1, -0.05) is 26.7 Å². The van der Waals surface area contributed by atoms with Crippen molar-refractivity contribution in [1.82, 2.24) is 0 Å². The number of hydrogen-bond donors (Lipinski definition) is 0. The van der Waals surface area contributed by atoms with Crippen LogP contribution in [0.2, 0.25) is 0 Å². The molecule has 0 aromatic carbocycles. The van der Waals surface area contributed by atoms with Gasteiger partial charge >= 0.3 is 0 Å². The van der Waals surface area contributed by atoms with Crippen LogP contribution in [-0.2, 0) is 0 Å². The second-order valence-electron chi connectivity index (χ2n) is 10.8. The van der Waals surface area contributed by atoms with Crippen LogP contribution in [0.25, 0.3) is 0 Å². The van der Waals surface area contributed by atoms with Gasteiger partial charge in [0.2, 0.25) is 0 Å². The molecular weight excluding hydrogens is 377 g/mol. The molecule has 7 unspecified atom stereocenters. The van der Waals surface area contributed by atoms with Crippen LogP contribution in [-0.4, -0.2) is 29.5 Å². The van der Waals surface area contributed by atoms with Crippen molar-refractivity contribution in [2.45, 2.75) is 103 Å². The first kappa shape index (κ1) is 25.0. The van der Waals surface area contributed by atoms with Crippen molar-refractivity contribution in [2.75, 3.05) is 0 Å². The molecule has 4 rings (SSSR count). The molecule has 7 atom stereocenters. The smallest absolute Gasteiger partial charge is 0.137 e. The lowest BCUT2D eigenvalue weighted by Crippen LogP contribution is -2.52. The normalized spacial score (nSPS) is 50.6. The van der Waals surface area contributed by atoms with Crippen molar-refractivity contribution >= 4 is 0 Å². The molecule has 0 bridgehead atoms. The summed E-state index contributed by atoms with van der Waals surface area (Å²) in [6, 6.07) is 0. The average molecular weight is 425 g/mol. The lowest BCUT2D eigenvalue weighted by atomic mass is 9.58. The molecule has 0 heterocycles. The lowest BCUT2D eigenvalue weighted by molar-refractivity contribution is -0.0962. The lowest BCUT2D eigenvalue weighted by Gasteiger charge is -2.49. The first-order chi connectivity index (χ1) is 13.0. The Bertz CT molecular complexity index is 497. The van der Waals surface area contributed by atoms with Crippen molar-refractivity contribution in [3.63, 3.8) is 0 Å². The molecule has 0 amide bonds. The van der Waals surface area contributed by atoms with E-state index in [-0.39, 0.29) is 31.6 Å². The van der Waals surface area contributed by atoms with E-state index < -0.39 is 24.4 Å². The van der Waals surface area contributed by atoms with Gasteiger partial charge in [-0.25, -0.2) is 13.2 Å². The molecule has 4 aliphatic rings. The fraction of sp³-hybridized carbons (Fsp3) is 1.00. The van der Waals surface area contributed by atoms with Gasteiger partial charge < -0.3 is 11.0 Å². The number of alkyl halides is 3. The summed E-state index contributed by atoms with van der Waals surface area (Å²) in [6.07, 6.45) is 8.34. The third kappa shape index (κ3) is 4.97. The molecule has 2 nitrogen and oxygen atoms in total. The largest absolute Gasteiger partial charge is 0.412 e. The van der Waals surface area contributed by atoms with Gasteiger partial charge in [-0.05, 0) is 99.2 Å². The average Bonchev–Trinajstić information content (AvgIpc) is 2.68. The Balaban J connectivity index is 0.00000225. The van der Waals surface area contributed by atoms with Crippen LogP contribution in [0.5, 0.6) is 0 Å². The Hall–Kier alpha value is -0.290. The number of fused-ring (bicyclic) bond motifs is 1. The van der Waals surface area contributed by atoms with Crippen LogP contribution in [0.1, 0.15) is 87.3 Å². The summed E-state index contributed by atoms with van der Waals surface area (Å²) in [6.45, 7) is 4.23. The van der Waals surface area contributed by atoms with Gasteiger partial charge in [0, 0.05) is 8.77 Å². The zero-order chi connectivity index (χ0) is 19.1. The van der Waals surface area contributed by atoms with E-state index in [2.05, 4.69) is 6.92 Å². The first-order valence-electron chi connectivity index (χ1n) is 11.9. The van der Waals surface area contributed by atoms with Gasteiger partial charge in [-0.3, -0.25) is 0 Å². The third-order valence-corrected chi connectivity index (χ3v) is 9.25. The molecule has 0 aromatic rings. The highest BCUT2D eigenvalue weighted by Gasteiger charge is 2.53. The van der Waals surface area contributed by atoms with Crippen LogP contribution in [0, 0.1) is 47.3 Å². The standard InChI is InChI=1S/C24H39F3.2H2O.2H2/c1-14-3-6-16(7-4-14)17-9-11-18(12-10-17)20-13-19-8-5-15(2)22(25)21(19)24(27)23(20)26;;;;/h14-24H,3-13H2,1-2H3;2*1H2;2*1H. The van der Waals surface area contributed by atoms with Gasteiger partial charge in [0.15, 0.2) is 0 Å². The minimum atomic E-state index is -1.58. The molecule has 176 valence electrons. The SMILES string of the molecule is CC1CCC(C2CCC(C3CC4CCC(C)C(F)C4C(F)C3F)CC2)CC1.O.O.[HH].[HH]. The maximum Gasteiger partial charge on any atom is 0.137 e. The van der Waals surface area contributed by atoms with E-state index in [9.17, 15) is 8.78 Å². The Morgan fingerprint density at radius 1 is 0.552 bits per heavy atom. The van der Waals surface area contributed by atoms with Crippen LogP contribution >= 0.6 is 0 Å². The molecule has 5 heteroatoms. The fourth-order valence-corrected chi connectivity index (χ4v) is 7.36. The molecule has 29 heavy (non-hydrogen) atoms. The van der Waals surface area contributed by atoms with Crippen LogP contribution in [0.4, 0.5) is 13.2 Å². The molecule has 0 radical (unpaired) electrons. The summed E-state index contributed by atoms with van der Waals surface area (Å²) in [7, 11) is 0. The molecular formula is C24H47F3O2. The van der Waals surface area contributed by atoms with E-state index in [1.165, 1.54) is 38.5 Å². The predicted molar refractivity (Wildman–Crippen MR) is 116 cm³/mol. The predicted octanol–water partition coefficient (Wildman–Crippen LogP) is 6.16. The van der Waals surface area contributed by atoms with Crippen molar-refractivity contribution in [3.05, 3.63) is 0 Å². The Morgan fingerprint density at radius 2 is 1.03 bits per heavy atom. The number of halogens is 3. The van der Waals surface area contributed by atoms with E-state index in [1.54, 1.807) is 0 Å². The highest BCUT2D eigenvalue weighted by molar-refractivity contribution is 5.01. The molecule has 4 N–H and O–H groups in total. The van der Waals surface area contributed by atoms with E-state index in [0.717, 1.165) is 49.9 Å². The number of hydrogen-bond acceptors (Lipinski definition) is 0. The van der Waals surface area contributed by atoms with Crippen LogP contribution < -0.4 is 0 Å².